The van der Waals surface area contributed by atoms with E-state index in [0.29, 0.717) is 25.7 Å². The first-order valence-electron chi connectivity index (χ1n) is 26.7. The highest BCUT2D eigenvalue weighted by Gasteiger charge is 2.99. The second kappa shape index (κ2) is 31.2. The first kappa shape index (κ1) is 91.0. The van der Waals surface area contributed by atoms with Crippen molar-refractivity contribution in [2.45, 2.75) is 222 Å². The number of alkyl halides is 40. The lowest BCUT2D eigenvalue weighted by Crippen LogP contribution is -2.77. The highest BCUT2D eigenvalue weighted by Crippen LogP contribution is 2.69. The van der Waals surface area contributed by atoms with Crippen LogP contribution in [0.5, 0.6) is 0 Å². The lowest BCUT2D eigenvalue weighted by molar-refractivity contribution is -0.470. The molecule has 0 spiro atoms. The Labute approximate surface area is 506 Å². The third-order valence-corrected chi connectivity index (χ3v) is 13.5. The molecule has 0 saturated heterocycles. The van der Waals surface area contributed by atoms with Crippen molar-refractivity contribution >= 4 is 0 Å². The van der Waals surface area contributed by atoms with Gasteiger partial charge in [-0.2, -0.15) is 176 Å². The molecule has 46 heteroatoms. The second-order valence-electron chi connectivity index (χ2n) is 21.3. The summed E-state index contributed by atoms with van der Waals surface area (Å²) in [7, 11) is 2.60. The molecule has 566 valence electrons. The van der Waals surface area contributed by atoms with Gasteiger partial charge in [-0.05, 0) is 52.7 Å². The molecule has 0 N–H and O–H groups in total. The van der Waals surface area contributed by atoms with Crippen molar-refractivity contribution < 1.29 is 199 Å². The molecule has 0 aromatic heterocycles. The quantitative estimate of drug-likeness (QED) is 0.0447. The van der Waals surface area contributed by atoms with E-state index in [1.165, 1.54) is 19.0 Å². The van der Waals surface area contributed by atoms with Crippen LogP contribution in [0.2, 0.25) is 0 Å². The number of hydrogen-bond acceptors (Lipinski definition) is 6. The van der Waals surface area contributed by atoms with Crippen molar-refractivity contribution in [3.8, 4) is 0 Å². The Morgan fingerprint density at radius 2 is 0.426 bits per heavy atom. The second-order valence-corrected chi connectivity index (χ2v) is 21.3. The zero-order valence-electron chi connectivity index (χ0n) is 48.4. The molecule has 0 atom stereocenters. The van der Waals surface area contributed by atoms with Crippen LogP contribution in [0.3, 0.4) is 0 Å². The van der Waals surface area contributed by atoms with Gasteiger partial charge in [-0.25, -0.2) is 0 Å². The predicted octanol–water partition coefficient (Wildman–Crippen LogP) is 18.8. The molecule has 0 rings (SSSR count). The third-order valence-electron chi connectivity index (χ3n) is 13.5. The van der Waals surface area contributed by atoms with Crippen molar-refractivity contribution in [1.82, 2.24) is 4.90 Å². The summed E-state index contributed by atoms with van der Waals surface area (Å²) in [5.41, 5.74) is 0. The molecule has 0 aromatic rings. The van der Waals surface area contributed by atoms with Gasteiger partial charge in [0, 0.05) is 33.0 Å². The summed E-state index contributed by atoms with van der Waals surface area (Å²) in [6.45, 7) is -17.4. The van der Waals surface area contributed by atoms with Crippen molar-refractivity contribution in [3.05, 3.63) is 0 Å². The van der Waals surface area contributed by atoms with Crippen molar-refractivity contribution in [1.29, 1.82) is 0 Å². The summed E-state index contributed by atoms with van der Waals surface area (Å²) in [5, 5.41) is 0. The van der Waals surface area contributed by atoms with Crippen LogP contribution in [-0.2, 0) is 23.7 Å². The summed E-state index contributed by atoms with van der Waals surface area (Å²) in [5.74, 6) is -172. The van der Waals surface area contributed by atoms with Gasteiger partial charge in [-0.3, -0.25) is 0 Å². The molecular formula is C48H59F40NO5. The molecule has 0 fully saturated rings. The zero-order valence-corrected chi connectivity index (χ0v) is 48.4. The average molecular weight is 1490 g/mol. The maximum atomic E-state index is 14.6. The molecule has 0 saturated carbocycles. The van der Waals surface area contributed by atoms with Gasteiger partial charge in [0.15, 0.2) is 0 Å². The number of nitrogens with zero attached hydrogens (tertiary/aromatic N) is 1. The smallest absolute Gasteiger partial charge is 0.378 e. The first-order chi connectivity index (χ1) is 41.6. The first-order valence-corrected chi connectivity index (χ1v) is 26.7. The average Bonchev–Trinajstić information content (AvgIpc) is 0.696. The Morgan fingerprint density at radius 3 is 0.628 bits per heavy atom. The standard InChI is InChI=1S/C48H59F40NO5/c1-5-7-9-11-13-19-90-24-29(49,50)33(57,58)37(65,66)41(73,74)45(81,82)47(85,86)43(77,78)39(69,70)35(61,62)31(53,54)26-92-22-16-28(94-21-15-18-89(3)4)17-23-93-27-32(55,56)36(63,64)40(71,72)44(79,80)48(87,88)46(83,84)42(75,76)38(67,68)34(59,60)30(51,52)25-91-20-14-12-10-8-6-2/h28H,5-27H2,1-4H3. The third kappa shape index (κ3) is 16.9. The summed E-state index contributed by atoms with van der Waals surface area (Å²) in [6, 6.07) is 0. The zero-order chi connectivity index (χ0) is 75.0. The van der Waals surface area contributed by atoms with Gasteiger partial charge >= 0.3 is 118 Å². The van der Waals surface area contributed by atoms with E-state index >= 15 is 0 Å². The van der Waals surface area contributed by atoms with E-state index in [2.05, 4.69) is 18.9 Å². The fraction of sp³-hybridized carbons (Fsp3) is 1.00. The molecule has 0 aliphatic carbocycles. The van der Waals surface area contributed by atoms with E-state index in [4.69, 9.17) is 4.74 Å². The Hall–Kier alpha value is -3.04. The number of halogens is 40. The highest BCUT2D eigenvalue weighted by molar-refractivity contribution is 5.20. The molecule has 0 amide bonds. The van der Waals surface area contributed by atoms with Crippen LogP contribution in [0, 0.1) is 0 Å². The van der Waals surface area contributed by atoms with E-state index < -0.39 is 197 Å². The number of rotatable bonds is 49. The molecule has 0 aliphatic rings. The SMILES string of the molecule is CCCCCCCOCC(F)(F)C(F)(F)C(F)(F)C(F)(F)C(F)(F)C(F)(F)C(F)(F)C(F)(F)C(F)(F)C(F)(F)COCCC(CCOCC(F)(F)C(F)(F)C(F)(F)C(F)(F)C(F)(F)C(F)(F)C(F)(F)C(F)(F)C(F)(F)C(F)(F)COCCCCCCC)OCCCN(C)C. The molecular weight excluding hydrogens is 1430 g/mol. The van der Waals surface area contributed by atoms with Gasteiger partial charge in [-0.1, -0.05) is 65.2 Å². The van der Waals surface area contributed by atoms with Gasteiger partial charge in [0.2, 0.25) is 0 Å². The van der Waals surface area contributed by atoms with Crippen LogP contribution < -0.4 is 0 Å². The van der Waals surface area contributed by atoms with Crippen LogP contribution in [0.25, 0.3) is 0 Å². The fourth-order valence-electron chi connectivity index (χ4n) is 7.44. The Balaban J connectivity index is 6.68. The van der Waals surface area contributed by atoms with Gasteiger partial charge in [-0.15, -0.1) is 0 Å². The lowest BCUT2D eigenvalue weighted by Gasteiger charge is -2.45. The molecule has 6 nitrogen and oxygen atoms in total. The lowest BCUT2D eigenvalue weighted by atomic mass is 9.85. The van der Waals surface area contributed by atoms with Crippen molar-refractivity contribution in [2.75, 3.05) is 80.1 Å². The minimum Gasteiger partial charge on any atom is -0.378 e. The minimum atomic E-state index is -9.43. The monoisotopic (exact) mass is 1490 g/mol. The Morgan fingerprint density at radius 1 is 0.234 bits per heavy atom. The maximum absolute atomic E-state index is 14.6. The minimum absolute atomic E-state index is 0.0162. The summed E-state index contributed by atoms with van der Waals surface area (Å²) in [6.07, 6.45) is -3.68. The van der Waals surface area contributed by atoms with Crippen LogP contribution in [0.15, 0.2) is 0 Å². The molecule has 0 bridgehead atoms. The van der Waals surface area contributed by atoms with Crippen LogP contribution >= 0.6 is 0 Å². The molecule has 0 radical (unpaired) electrons. The van der Waals surface area contributed by atoms with Gasteiger partial charge in [0.25, 0.3) is 0 Å². The molecule has 0 unspecified atom stereocenters. The fourth-order valence-corrected chi connectivity index (χ4v) is 7.44. The predicted molar refractivity (Wildman–Crippen MR) is 242 cm³/mol. The van der Waals surface area contributed by atoms with Crippen LogP contribution in [0.1, 0.15) is 97.3 Å². The maximum Gasteiger partial charge on any atom is 0.385 e. The van der Waals surface area contributed by atoms with Crippen molar-refractivity contribution in [3.63, 3.8) is 0 Å². The topological polar surface area (TPSA) is 49.4 Å². The van der Waals surface area contributed by atoms with Gasteiger partial charge in [0.1, 0.15) is 26.4 Å². The summed E-state index contributed by atoms with van der Waals surface area (Å²) >= 11 is 0. The van der Waals surface area contributed by atoms with E-state index in [-0.39, 0.29) is 51.5 Å². The normalized spacial score (nSPS) is 15.8. The number of hydrogen-bond donors (Lipinski definition) is 0. The van der Waals surface area contributed by atoms with Crippen molar-refractivity contribution in [2.24, 2.45) is 0 Å². The van der Waals surface area contributed by atoms with E-state index in [1.807, 2.05) is 0 Å². The molecule has 0 heterocycles. The largest absolute Gasteiger partial charge is 0.385 e. The Bertz CT molecular complexity index is 2130. The Kier molecular flexibility index (Phi) is 30.2. The van der Waals surface area contributed by atoms with Crippen LogP contribution in [0.4, 0.5) is 176 Å². The summed E-state index contributed by atoms with van der Waals surface area (Å²) in [4.78, 5) is 1.28. The van der Waals surface area contributed by atoms with E-state index in [1.54, 1.807) is 13.8 Å². The number of unbranched alkanes of at least 4 members (excludes halogenated alkanes) is 8. The molecule has 0 aromatic carbocycles. The van der Waals surface area contributed by atoms with Gasteiger partial charge < -0.3 is 28.6 Å². The van der Waals surface area contributed by atoms with Crippen LogP contribution in [-0.4, -0.2) is 210 Å². The van der Waals surface area contributed by atoms with E-state index in [0.717, 1.165) is 0 Å². The highest BCUT2D eigenvalue weighted by atomic mass is 19.4. The van der Waals surface area contributed by atoms with E-state index in [9.17, 15) is 176 Å². The number of ether oxygens (including phenoxy) is 5. The summed E-state index contributed by atoms with van der Waals surface area (Å²) < 4.78 is 598. The van der Waals surface area contributed by atoms with Gasteiger partial charge in [0.05, 0.1) is 6.10 Å². The molecule has 94 heavy (non-hydrogen) atoms. The molecule has 0 aliphatic heterocycles.